The molecule has 0 fully saturated rings. The van der Waals surface area contributed by atoms with Gasteiger partial charge in [0.1, 0.15) is 0 Å². The van der Waals surface area contributed by atoms with Crippen molar-refractivity contribution in [3.8, 4) is 0 Å². The molecule has 0 aliphatic carbocycles. The van der Waals surface area contributed by atoms with Crippen LogP contribution < -0.4 is 5.32 Å². The van der Waals surface area contributed by atoms with E-state index in [0.717, 1.165) is 23.1 Å². The van der Waals surface area contributed by atoms with Gasteiger partial charge in [-0.3, -0.25) is 5.32 Å². The van der Waals surface area contributed by atoms with E-state index in [2.05, 4.69) is 23.5 Å². The van der Waals surface area contributed by atoms with E-state index in [-0.39, 0.29) is 19.6 Å². The van der Waals surface area contributed by atoms with E-state index >= 15 is 0 Å². The van der Waals surface area contributed by atoms with Crippen LogP contribution in [0.5, 0.6) is 0 Å². The molecular weight excluding hydrogens is 342 g/mol. The van der Waals surface area contributed by atoms with Crippen molar-refractivity contribution in [3.05, 3.63) is 70.8 Å². The molecule has 5 nitrogen and oxygen atoms in total. The Balaban J connectivity index is 1.98. The van der Waals surface area contributed by atoms with Crippen molar-refractivity contribution in [3.63, 3.8) is 0 Å². The molecule has 1 N–H and O–H groups in total. The molecule has 5 heteroatoms. The molecule has 0 aromatic heterocycles. The van der Waals surface area contributed by atoms with Gasteiger partial charge in [0.05, 0.1) is 13.2 Å². The molecule has 1 heterocycles. The molecule has 0 bridgehead atoms. The van der Waals surface area contributed by atoms with Gasteiger partial charge >= 0.3 is 11.9 Å². The lowest BCUT2D eigenvalue weighted by atomic mass is 9.81. The number of nitrogens with one attached hydrogen (secondary N) is 1. The van der Waals surface area contributed by atoms with Gasteiger partial charge in [0, 0.05) is 13.0 Å². The van der Waals surface area contributed by atoms with Gasteiger partial charge < -0.3 is 9.47 Å². The first kappa shape index (κ1) is 19.1. The average Bonchev–Trinajstić information content (AvgIpc) is 2.69. The van der Waals surface area contributed by atoms with Crippen LogP contribution in [0.3, 0.4) is 0 Å². The van der Waals surface area contributed by atoms with Gasteiger partial charge in [0.25, 0.3) is 0 Å². The molecule has 0 spiro atoms. The third-order valence-corrected chi connectivity index (χ3v) is 4.88. The van der Waals surface area contributed by atoms with Crippen LogP contribution in [0, 0.1) is 0 Å². The molecule has 0 atom stereocenters. The summed E-state index contributed by atoms with van der Waals surface area (Å²) >= 11 is 0. The van der Waals surface area contributed by atoms with E-state index in [1.54, 1.807) is 13.8 Å². The highest BCUT2D eigenvalue weighted by Gasteiger charge is 2.51. The van der Waals surface area contributed by atoms with E-state index in [1.807, 2.05) is 30.3 Å². The lowest BCUT2D eigenvalue weighted by molar-refractivity contribution is -0.166. The summed E-state index contributed by atoms with van der Waals surface area (Å²) in [6.45, 7) is 4.29. The molecule has 2 aromatic rings. The standard InChI is InChI=1S/C22H25NO4/c1-3-26-20(24)22(21(25)27-4-2)14-19-17(11-8-12-18(19)15-23-22)13-16-9-6-5-7-10-16/h5-12,23H,3-4,13-15H2,1-2H3. The van der Waals surface area contributed by atoms with Crippen molar-refractivity contribution in [1.82, 2.24) is 5.32 Å². The summed E-state index contributed by atoms with van der Waals surface area (Å²) in [6, 6.07) is 16.2. The summed E-state index contributed by atoms with van der Waals surface area (Å²) < 4.78 is 10.4. The highest BCUT2D eigenvalue weighted by molar-refractivity contribution is 6.05. The summed E-state index contributed by atoms with van der Waals surface area (Å²) in [5.41, 5.74) is 2.90. The predicted molar refractivity (Wildman–Crippen MR) is 102 cm³/mol. The first-order valence-corrected chi connectivity index (χ1v) is 9.33. The van der Waals surface area contributed by atoms with Crippen molar-refractivity contribution in [1.29, 1.82) is 0 Å². The molecule has 0 amide bonds. The fourth-order valence-corrected chi connectivity index (χ4v) is 3.52. The number of fused-ring (bicyclic) bond motifs is 1. The summed E-state index contributed by atoms with van der Waals surface area (Å²) in [4.78, 5) is 25.5. The van der Waals surface area contributed by atoms with Crippen LogP contribution in [-0.2, 0) is 38.4 Å². The zero-order chi connectivity index (χ0) is 19.3. The number of hydrogen-bond acceptors (Lipinski definition) is 5. The monoisotopic (exact) mass is 367 g/mol. The molecule has 3 rings (SSSR count). The predicted octanol–water partition coefficient (Wildman–Crippen LogP) is 2.79. The molecule has 0 saturated carbocycles. The molecule has 0 unspecified atom stereocenters. The molecule has 1 aliphatic heterocycles. The van der Waals surface area contributed by atoms with Crippen LogP contribution in [0.15, 0.2) is 48.5 Å². The van der Waals surface area contributed by atoms with Crippen molar-refractivity contribution in [2.75, 3.05) is 13.2 Å². The maximum Gasteiger partial charge on any atom is 0.338 e. The third-order valence-electron chi connectivity index (χ3n) is 4.88. The largest absolute Gasteiger partial charge is 0.464 e. The van der Waals surface area contributed by atoms with Crippen LogP contribution in [0.25, 0.3) is 0 Å². The Bertz CT molecular complexity index is 798. The molecular formula is C22H25NO4. The zero-order valence-corrected chi connectivity index (χ0v) is 15.8. The maximum absolute atomic E-state index is 12.7. The highest BCUT2D eigenvalue weighted by Crippen LogP contribution is 2.30. The third kappa shape index (κ3) is 3.88. The Morgan fingerprint density at radius 2 is 1.63 bits per heavy atom. The lowest BCUT2D eigenvalue weighted by Gasteiger charge is -2.35. The van der Waals surface area contributed by atoms with Crippen molar-refractivity contribution in [2.24, 2.45) is 0 Å². The molecule has 0 radical (unpaired) electrons. The summed E-state index contributed by atoms with van der Waals surface area (Å²) in [5, 5.41) is 3.10. The van der Waals surface area contributed by atoms with E-state index in [1.165, 1.54) is 5.56 Å². The molecule has 2 aromatic carbocycles. The normalized spacial score (nSPS) is 14.9. The highest BCUT2D eigenvalue weighted by atomic mass is 16.6. The van der Waals surface area contributed by atoms with Crippen molar-refractivity contribution in [2.45, 2.75) is 38.8 Å². The first-order chi connectivity index (χ1) is 13.1. The number of ether oxygens (including phenoxy) is 2. The van der Waals surface area contributed by atoms with Crippen molar-refractivity contribution >= 4 is 11.9 Å². The fraction of sp³-hybridized carbons (Fsp3) is 0.364. The minimum Gasteiger partial charge on any atom is -0.464 e. The Morgan fingerprint density at radius 3 is 2.26 bits per heavy atom. The van der Waals surface area contributed by atoms with E-state index in [0.29, 0.717) is 6.54 Å². The van der Waals surface area contributed by atoms with E-state index in [4.69, 9.17) is 9.47 Å². The van der Waals surface area contributed by atoms with E-state index < -0.39 is 17.5 Å². The molecule has 1 aliphatic rings. The lowest BCUT2D eigenvalue weighted by Crippen LogP contribution is -2.62. The minimum absolute atomic E-state index is 0.209. The van der Waals surface area contributed by atoms with Crippen LogP contribution in [-0.4, -0.2) is 30.7 Å². The number of hydrogen-bond donors (Lipinski definition) is 1. The summed E-state index contributed by atoms with van der Waals surface area (Å²) in [6.07, 6.45) is 0.967. The second kappa shape index (κ2) is 8.35. The van der Waals surface area contributed by atoms with Gasteiger partial charge in [-0.1, -0.05) is 48.5 Å². The number of carbonyl (C=O) groups excluding carboxylic acids is 2. The van der Waals surface area contributed by atoms with Crippen molar-refractivity contribution < 1.29 is 19.1 Å². The molecule has 27 heavy (non-hydrogen) atoms. The van der Waals surface area contributed by atoms with Crippen LogP contribution in [0.1, 0.15) is 36.1 Å². The van der Waals surface area contributed by atoms with Gasteiger partial charge in [-0.2, -0.15) is 0 Å². The Kier molecular flexibility index (Phi) is 5.91. The number of benzene rings is 2. The van der Waals surface area contributed by atoms with Gasteiger partial charge in [0.15, 0.2) is 0 Å². The fourth-order valence-electron chi connectivity index (χ4n) is 3.52. The van der Waals surface area contributed by atoms with Crippen LogP contribution in [0.2, 0.25) is 0 Å². The number of esters is 2. The topological polar surface area (TPSA) is 64.6 Å². The smallest absolute Gasteiger partial charge is 0.338 e. The zero-order valence-electron chi connectivity index (χ0n) is 15.8. The average molecular weight is 367 g/mol. The molecule has 0 saturated heterocycles. The summed E-state index contributed by atoms with van der Waals surface area (Å²) in [7, 11) is 0. The SMILES string of the molecule is CCOC(=O)C1(C(=O)OCC)Cc2c(cccc2Cc2ccccc2)CN1. The Morgan fingerprint density at radius 1 is 0.963 bits per heavy atom. The molecule has 142 valence electrons. The number of rotatable bonds is 6. The quantitative estimate of drug-likeness (QED) is 0.628. The Labute approximate surface area is 159 Å². The van der Waals surface area contributed by atoms with Gasteiger partial charge in [0.2, 0.25) is 5.54 Å². The minimum atomic E-state index is -1.49. The van der Waals surface area contributed by atoms with Gasteiger partial charge in [-0.05, 0) is 42.5 Å². The first-order valence-electron chi connectivity index (χ1n) is 9.33. The maximum atomic E-state index is 12.7. The van der Waals surface area contributed by atoms with Gasteiger partial charge in [-0.15, -0.1) is 0 Å². The summed E-state index contributed by atoms with van der Waals surface area (Å²) in [5.74, 6) is -1.16. The van der Waals surface area contributed by atoms with E-state index in [9.17, 15) is 9.59 Å². The van der Waals surface area contributed by atoms with Crippen LogP contribution >= 0.6 is 0 Å². The second-order valence-electron chi connectivity index (χ2n) is 6.59. The van der Waals surface area contributed by atoms with Crippen LogP contribution in [0.4, 0.5) is 0 Å². The second-order valence-corrected chi connectivity index (χ2v) is 6.59. The number of carbonyl (C=O) groups is 2. The van der Waals surface area contributed by atoms with Gasteiger partial charge in [-0.25, -0.2) is 9.59 Å². The Hall–Kier alpha value is -2.66.